The molecule has 152 valence electrons. The highest BCUT2D eigenvalue weighted by atomic mass is 16.5. The molecule has 1 aromatic heterocycles. The summed E-state index contributed by atoms with van der Waals surface area (Å²) in [6.45, 7) is 6.97. The third-order valence-electron chi connectivity index (χ3n) is 5.04. The van der Waals surface area contributed by atoms with Crippen molar-refractivity contribution in [3.05, 3.63) is 59.5 Å². The van der Waals surface area contributed by atoms with Gasteiger partial charge in [-0.3, -0.25) is 9.89 Å². The highest BCUT2D eigenvalue weighted by Gasteiger charge is 2.25. The number of nitrogens with one attached hydrogen (secondary N) is 2. The predicted octanol–water partition coefficient (Wildman–Crippen LogP) is 2.76. The molecule has 1 atom stereocenters. The molecule has 2 N–H and O–H groups in total. The molecule has 6 nitrogen and oxygen atoms in total. The second-order valence-electron chi connectivity index (χ2n) is 7.08. The Bertz CT molecular complexity index is 723. The van der Waals surface area contributed by atoms with E-state index in [0.29, 0.717) is 0 Å². The molecule has 3 rings (SSSR count). The van der Waals surface area contributed by atoms with Gasteiger partial charge in [-0.2, -0.15) is 0 Å². The fourth-order valence-corrected chi connectivity index (χ4v) is 3.49. The van der Waals surface area contributed by atoms with Crippen LogP contribution < -0.4 is 10.6 Å². The molecule has 28 heavy (non-hydrogen) atoms. The van der Waals surface area contributed by atoms with Crippen molar-refractivity contribution in [2.75, 3.05) is 46.4 Å². The van der Waals surface area contributed by atoms with Gasteiger partial charge in [-0.15, -0.1) is 0 Å². The number of nitrogens with zero attached hydrogens (tertiary/aromatic N) is 2. The maximum Gasteiger partial charge on any atom is 0.191 e. The number of benzene rings is 1. The summed E-state index contributed by atoms with van der Waals surface area (Å²) in [6.07, 6.45) is 2.13. The normalized spacial score (nSPS) is 16.7. The van der Waals surface area contributed by atoms with Crippen LogP contribution in [0.15, 0.2) is 51.9 Å². The molecule has 0 bridgehead atoms. The number of ether oxygens (including phenoxy) is 1. The first-order valence-corrected chi connectivity index (χ1v) is 10.1. The van der Waals surface area contributed by atoms with E-state index in [1.165, 1.54) is 5.56 Å². The number of hydrogen-bond acceptors (Lipinski definition) is 4. The van der Waals surface area contributed by atoms with Crippen LogP contribution in [-0.4, -0.2) is 57.3 Å². The van der Waals surface area contributed by atoms with E-state index < -0.39 is 0 Å². The Balaban J connectivity index is 1.49. The zero-order valence-corrected chi connectivity index (χ0v) is 17.0. The summed E-state index contributed by atoms with van der Waals surface area (Å²) in [4.78, 5) is 6.78. The van der Waals surface area contributed by atoms with E-state index in [2.05, 4.69) is 56.9 Å². The summed E-state index contributed by atoms with van der Waals surface area (Å²) in [7, 11) is 1.81. The number of guanidine groups is 1. The number of aryl methyl sites for hydroxylation is 2. The van der Waals surface area contributed by atoms with Crippen LogP contribution in [0.4, 0.5) is 0 Å². The van der Waals surface area contributed by atoms with Gasteiger partial charge >= 0.3 is 0 Å². The lowest BCUT2D eigenvalue weighted by molar-refractivity contribution is 0.0124. The second-order valence-corrected chi connectivity index (χ2v) is 7.08. The Morgan fingerprint density at radius 2 is 1.89 bits per heavy atom. The largest absolute Gasteiger partial charge is 0.465 e. The molecule has 1 saturated heterocycles. The van der Waals surface area contributed by atoms with Gasteiger partial charge < -0.3 is 19.8 Å². The summed E-state index contributed by atoms with van der Waals surface area (Å²) < 4.78 is 11.4. The zero-order chi connectivity index (χ0) is 19.6. The van der Waals surface area contributed by atoms with Crippen LogP contribution in [0.1, 0.15) is 29.5 Å². The average Bonchev–Trinajstić information content (AvgIpc) is 3.17. The van der Waals surface area contributed by atoms with Crippen molar-refractivity contribution in [1.82, 2.24) is 15.5 Å². The van der Waals surface area contributed by atoms with Gasteiger partial charge in [-0.25, -0.2) is 0 Å². The van der Waals surface area contributed by atoms with Crippen molar-refractivity contribution >= 4 is 5.96 Å². The first-order chi connectivity index (χ1) is 13.8. The van der Waals surface area contributed by atoms with Gasteiger partial charge in [0, 0.05) is 33.2 Å². The first-order valence-electron chi connectivity index (χ1n) is 10.1. The van der Waals surface area contributed by atoms with E-state index in [0.717, 1.165) is 69.7 Å². The Hall–Kier alpha value is -2.31. The predicted molar refractivity (Wildman–Crippen MR) is 113 cm³/mol. The van der Waals surface area contributed by atoms with E-state index >= 15 is 0 Å². The molecule has 0 radical (unpaired) electrons. The number of hydrogen-bond donors (Lipinski definition) is 2. The van der Waals surface area contributed by atoms with Crippen molar-refractivity contribution in [3.8, 4) is 0 Å². The molecule has 1 aliphatic heterocycles. The van der Waals surface area contributed by atoms with E-state index in [9.17, 15) is 0 Å². The molecular weight excluding hydrogens is 352 g/mol. The zero-order valence-electron chi connectivity index (χ0n) is 17.0. The summed E-state index contributed by atoms with van der Waals surface area (Å²) in [6, 6.07) is 14.8. The second kappa shape index (κ2) is 10.9. The maximum atomic E-state index is 5.93. The monoisotopic (exact) mass is 384 g/mol. The van der Waals surface area contributed by atoms with Gasteiger partial charge in [0.05, 0.1) is 19.3 Å². The van der Waals surface area contributed by atoms with Crippen LogP contribution in [0.2, 0.25) is 0 Å². The molecule has 0 saturated carbocycles. The van der Waals surface area contributed by atoms with Crippen LogP contribution in [0.25, 0.3) is 0 Å². The Kier molecular flexibility index (Phi) is 7.94. The van der Waals surface area contributed by atoms with Gasteiger partial charge in [-0.05, 0) is 37.5 Å². The Morgan fingerprint density at radius 1 is 1.11 bits per heavy atom. The van der Waals surface area contributed by atoms with Crippen molar-refractivity contribution in [3.63, 3.8) is 0 Å². The molecule has 6 heteroatoms. The summed E-state index contributed by atoms with van der Waals surface area (Å²) in [5, 5.41) is 6.89. The summed E-state index contributed by atoms with van der Waals surface area (Å²) >= 11 is 0. The van der Waals surface area contributed by atoms with Crippen LogP contribution in [0.5, 0.6) is 0 Å². The minimum atomic E-state index is 0.167. The van der Waals surface area contributed by atoms with Crippen molar-refractivity contribution < 1.29 is 9.15 Å². The number of morpholine rings is 1. The number of rotatable bonds is 8. The lowest BCUT2D eigenvalue weighted by Gasteiger charge is -2.33. The molecule has 1 unspecified atom stereocenters. The minimum Gasteiger partial charge on any atom is -0.465 e. The van der Waals surface area contributed by atoms with Gasteiger partial charge in [0.2, 0.25) is 0 Å². The van der Waals surface area contributed by atoms with Gasteiger partial charge in [-0.1, -0.05) is 30.3 Å². The van der Waals surface area contributed by atoms with Crippen LogP contribution in [-0.2, 0) is 11.2 Å². The lowest BCUT2D eigenvalue weighted by Crippen LogP contribution is -2.46. The van der Waals surface area contributed by atoms with Crippen LogP contribution in [0.3, 0.4) is 0 Å². The van der Waals surface area contributed by atoms with Crippen LogP contribution >= 0.6 is 0 Å². The summed E-state index contributed by atoms with van der Waals surface area (Å²) in [5.41, 5.74) is 1.37. The Morgan fingerprint density at radius 3 is 2.57 bits per heavy atom. The van der Waals surface area contributed by atoms with Gasteiger partial charge in [0.1, 0.15) is 11.5 Å². The standard InChI is InChI=1S/C22H32N4O2/c1-18-10-11-21(28-18)20(26-13-15-27-16-14-26)17-25-22(23-2)24-12-6-9-19-7-4-3-5-8-19/h3-5,7-8,10-11,20H,6,9,12-17H2,1-2H3,(H2,23,24,25). The third kappa shape index (κ3) is 6.11. The molecule has 1 aliphatic rings. The third-order valence-corrected chi connectivity index (χ3v) is 5.04. The Labute approximate surface area is 168 Å². The topological polar surface area (TPSA) is 62.0 Å². The highest BCUT2D eigenvalue weighted by Crippen LogP contribution is 2.23. The lowest BCUT2D eigenvalue weighted by atomic mass is 10.1. The van der Waals surface area contributed by atoms with E-state index in [4.69, 9.17) is 9.15 Å². The molecule has 0 aliphatic carbocycles. The van der Waals surface area contributed by atoms with E-state index in [1.807, 2.05) is 20.0 Å². The molecule has 2 aromatic rings. The number of aliphatic imine (C=N–C) groups is 1. The average molecular weight is 385 g/mol. The first kappa shape index (κ1) is 20.4. The molecule has 1 fully saturated rings. The molecular formula is C22H32N4O2. The molecule has 0 amide bonds. The van der Waals surface area contributed by atoms with Crippen molar-refractivity contribution in [1.29, 1.82) is 0 Å². The maximum absolute atomic E-state index is 5.93. The summed E-state index contributed by atoms with van der Waals surface area (Å²) in [5.74, 6) is 2.76. The van der Waals surface area contributed by atoms with Crippen molar-refractivity contribution in [2.24, 2.45) is 4.99 Å². The van der Waals surface area contributed by atoms with Crippen molar-refractivity contribution in [2.45, 2.75) is 25.8 Å². The SMILES string of the molecule is CN=C(NCCCc1ccccc1)NCC(c1ccc(C)o1)N1CCOCC1. The fourth-order valence-electron chi connectivity index (χ4n) is 3.49. The quantitative estimate of drug-likeness (QED) is 0.416. The van der Waals surface area contributed by atoms with E-state index in [1.54, 1.807) is 0 Å². The molecule has 2 heterocycles. The highest BCUT2D eigenvalue weighted by molar-refractivity contribution is 5.79. The minimum absolute atomic E-state index is 0.167. The molecule has 0 spiro atoms. The van der Waals surface area contributed by atoms with E-state index in [-0.39, 0.29) is 6.04 Å². The molecule has 1 aromatic carbocycles. The van der Waals surface area contributed by atoms with Crippen LogP contribution in [0, 0.1) is 6.92 Å². The fraction of sp³-hybridized carbons (Fsp3) is 0.500. The van der Waals surface area contributed by atoms with Gasteiger partial charge in [0.15, 0.2) is 5.96 Å². The smallest absolute Gasteiger partial charge is 0.191 e. The van der Waals surface area contributed by atoms with Gasteiger partial charge in [0.25, 0.3) is 0 Å². The number of furan rings is 1.